The van der Waals surface area contributed by atoms with Crippen molar-refractivity contribution >= 4 is 0 Å². The molecule has 0 spiro atoms. The van der Waals surface area contributed by atoms with Crippen LogP contribution in [0.15, 0.2) is 18.2 Å². The predicted octanol–water partition coefficient (Wildman–Crippen LogP) is 3.66. The van der Waals surface area contributed by atoms with Crippen LogP contribution in [0.1, 0.15) is 49.3 Å². The lowest BCUT2D eigenvalue weighted by atomic mass is 10.1. The van der Waals surface area contributed by atoms with Gasteiger partial charge in [0.15, 0.2) is 0 Å². The smallest absolute Gasteiger partial charge is 0.0234 e. The molecule has 0 bridgehead atoms. The Morgan fingerprint density at radius 1 is 1.25 bits per heavy atom. The van der Waals surface area contributed by atoms with E-state index in [1.54, 1.807) is 0 Å². The SMILES string of the molecule is CCCCN(Cc1ccc(C)c(C)c1)CC1CCCN1. The molecular weight excluding hydrogens is 244 g/mol. The van der Waals surface area contributed by atoms with Crippen LogP contribution in [0.3, 0.4) is 0 Å². The number of nitrogens with zero attached hydrogens (tertiary/aromatic N) is 1. The fourth-order valence-corrected chi connectivity index (χ4v) is 3.00. The Morgan fingerprint density at radius 2 is 2.10 bits per heavy atom. The fraction of sp³-hybridized carbons (Fsp3) is 0.667. The summed E-state index contributed by atoms with van der Waals surface area (Å²) in [5.74, 6) is 0. The van der Waals surface area contributed by atoms with Gasteiger partial charge in [0, 0.05) is 19.1 Å². The summed E-state index contributed by atoms with van der Waals surface area (Å²) in [6.45, 7) is 11.4. The van der Waals surface area contributed by atoms with Gasteiger partial charge in [-0.2, -0.15) is 0 Å². The van der Waals surface area contributed by atoms with E-state index in [9.17, 15) is 0 Å². The number of hydrogen-bond acceptors (Lipinski definition) is 2. The number of hydrogen-bond donors (Lipinski definition) is 1. The van der Waals surface area contributed by atoms with Gasteiger partial charge in [-0.15, -0.1) is 0 Å². The van der Waals surface area contributed by atoms with Crippen molar-refractivity contribution in [1.29, 1.82) is 0 Å². The standard InChI is InChI=1S/C18H30N2/c1-4-5-11-20(14-18-7-6-10-19-18)13-17-9-8-15(2)16(3)12-17/h8-9,12,18-19H,4-7,10-11,13-14H2,1-3H3. The van der Waals surface area contributed by atoms with Gasteiger partial charge in [0.2, 0.25) is 0 Å². The second kappa shape index (κ2) is 7.80. The van der Waals surface area contributed by atoms with Crippen LogP contribution in [0.5, 0.6) is 0 Å². The Morgan fingerprint density at radius 3 is 2.75 bits per heavy atom. The predicted molar refractivity (Wildman–Crippen MR) is 87.1 cm³/mol. The Kier molecular flexibility index (Phi) is 6.06. The molecule has 20 heavy (non-hydrogen) atoms. The van der Waals surface area contributed by atoms with E-state index in [1.165, 1.54) is 62.0 Å². The second-order valence-corrected chi connectivity index (χ2v) is 6.30. The van der Waals surface area contributed by atoms with Gasteiger partial charge in [-0.1, -0.05) is 31.5 Å². The molecule has 1 aliphatic heterocycles. The molecule has 1 N–H and O–H groups in total. The van der Waals surface area contributed by atoms with Crippen molar-refractivity contribution in [2.45, 2.75) is 59.0 Å². The summed E-state index contributed by atoms with van der Waals surface area (Å²) in [5.41, 5.74) is 4.27. The summed E-state index contributed by atoms with van der Waals surface area (Å²) in [6.07, 6.45) is 5.27. The van der Waals surface area contributed by atoms with E-state index in [0.29, 0.717) is 6.04 Å². The first-order valence-electron chi connectivity index (χ1n) is 8.21. The minimum absolute atomic E-state index is 0.707. The van der Waals surface area contributed by atoms with Crippen LogP contribution in [0, 0.1) is 13.8 Å². The highest BCUT2D eigenvalue weighted by Gasteiger charge is 2.17. The molecule has 112 valence electrons. The molecule has 2 heteroatoms. The molecular formula is C18H30N2. The molecule has 0 saturated carbocycles. The molecule has 1 heterocycles. The molecule has 0 aromatic heterocycles. The van der Waals surface area contributed by atoms with Gasteiger partial charge < -0.3 is 5.32 Å². The molecule has 1 fully saturated rings. The summed E-state index contributed by atoms with van der Waals surface area (Å²) in [4.78, 5) is 2.64. The molecule has 1 saturated heterocycles. The number of rotatable bonds is 7. The van der Waals surface area contributed by atoms with E-state index in [2.05, 4.69) is 49.2 Å². The van der Waals surface area contributed by atoms with E-state index < -0.39 is 0 Å². The van der Waals surface area contributed by atoms with Crippen molar-refractivity contribution in [2.75, 3.05) is 19.6 Å². The van der Waals surface area contributed by atoms with Gasteiger partial charge in [0.25, 0.3) is 0 Å². The molecule has 1 atom stereocenters. The quantitative estimate of drug-likeness (QED) is 0.816. The summed E-state index contributed by atoms with van der Waals surface area (Å²) in [6, 6.07) is 7.62. The highest BCUT2D eigenvalue weighted by molar-refractivity contribution is 5.29. The lowest BCUT2D eigenvalue weighted by molar-refractivity contribution is 0.237. The Hall–Kier alpha value is -0.860. The topological polar surface area (TPSA) is 15.3 Å². The van der Waals surface area contributed by atoms with Crippen LogP contribution >= 0.6 is 0 Å². The minimum atomic E-state index is 0.707. The number of aryl methyl sites for hydroxylation is 2. The van der Waals surface area contributed by atoms with Gasteiger partial charge in [-0.25, -0.2) is 0 Å². The maximum absolute atomic E-state index is 3.63. The van der Waals surface area contributed by atoms with E-state index in [1.807, 2.05) is 0 Å². The van der Waals surface area contributed by atoms with Crippen molar-refractivity contribution in [3.63, 3.8) is 0 Å². The maximum atomic E-state index is 3.63. The monoisotopic (exact) mass is 274 g/mol. The molecule has 0 radical (unpaired) electrons. The first-order valence-corrected chi connectivity index (χ1v) is 8.21. The van der Waals surface area contributed by atoms with Crippen molar-refractivity contribution in [3.05, 3.63) is 34.9 Å². The minimum Gasteiger partial charge on any atom is -0.313 e. The fourth-order valence-electron chi connectivity index (χ4n) is 3.00. The van der Waals surface area contributed by atoms with Crippen LogP contribution < -0.4 is 5.32 Å². The molecule has 2 nitrogen and oxygen atoms in total. The zero-order valence-electron chi connectivity index (χ0n) is 13.4. The first kappa shape index (κ1) is 15.5. The van der Waals surface area contributed by atoms with E-state index in [0.717, 1.165) is 6.54 Å². The third-order valence-corrected chi connectivity index (χ3v) is 4.45. The van der Waals surface area contributed by atoms with Gasteiger partial charge in [0.1, 0.15) is 0 Å². The second-order valence-electron chi connectivity index (χ2n) is 6.30. The molecule has 0 aliphatic carbocycles. The maximum Gasteiger partial charge on any atom is 0.0234 e. The van der Waals surface area contributed by atoms with Crippen LogP contribution in [0.4, 0.5) is 0 Å². The number of benzene rings is 1. The van der Waals surface area contributed by atoms with Crippen molar-refractivity contribution in [2.24, 2.45) is 0 Å². The summed E-state index contributed by atoms with van der Waals surface area (Å²) in [5, 5.41) is 3.63. The van der Waals surface area contributed by atoms with Crippen molar-refractivity contribution in [3.8, 4) is 0 Å². The van der Waals surface area contributed by atoms with E-state index in [4.69, 9.17) is 0 Å². The highest BCUT2D eigenvalue weighted by Crippen LogP contribution is 2.14. The largest absolute Gasteiger partial charge is 0.313 e. The Labute approximate surface area is 124 Å². The molecule has 1 aliphatic rings. The van der Waals surface area contributed by atoms with Gasteiger partial charge in [-0.05, 0) is 62.9 Å². The number of unbranched alkanes of at least 4 members (excludes halogenated alkanes) is 1. The first-order chi connectivity index (χ1) is 9.69. The summed E-state index contributed by atoms with van der Waals surface area (Å²) < 4.78 is 0. The van der Waals surface area contributed by atoms with Gasteiger partial charge in [0.05, 0.1) is 0 Å². The molecule has 1 aromatic carbocycles. The molecule has 1 aromatic rings. The van der Waals surface area contributed by atoms with Gasteiger partial charge >= 0.3 is 0 Å². The summed E-state index contributed by atoms with van der Waals surface area (Å²) in [7, 11) is 0. The van der Waals surface area contributed by atoms with Crippen molar-refractivity contribution < 1.29 is 0 Å². The third kappa shape index (κ3) is 4.60. The Balaban J connectivity index is 1.95. The highest BCUT2D eigenvalue weighted by atomic mass is 15.1. The molecule has 1 unspecified atom stereocenters. The number of nitrogens with one attached hydrogen (secondary N) is 1. The van der Waals surface area contributed by atoms with Crippen LogP contribution in [-0.4, -0.2) is 30.6 Å². The van der Waals surface area contributed by atoms with Crippen LogP contribution in [-0.2, 0) is 6.54 Å². The summed E-state index contributed by atoms with van der Waals surface area (Å²) >= 11 is 0. The average Bonchev–Trinajstić information content (AvgIpc) is 2.93. The van der Waals surface area contributed by atoms with Crippen LogP contribution in [0.25, 0.3) is 0 Å². The van der Waals surface area contributed by atoms with Crippen LogP contribution in [0.2, 0.25) is 0 Å². The van der Waals surface area contributed by atoms with E-state index >= 15 is 0 Å². The zero-order valence-corrected chi connectivity index (χ0v) is 13.4. The third-order valence-electron chi connectivity index (χ3n) is 4.45. The molecule has 0 amide bonds. The average molecular weight is 274 g/mol. The lowest BCUT2D eigenvalue weighted by Crippen LogP contribution is -2.37. The normalized spacial score (nSPS) is 18.9. The van der Waals surface area contributed by atoms with Gasteiger partial charge in [-0.3, -0.25) is 4.90 Å². The molecule has 2 rings (SSSR count). The van der Waals surface area contributed by atoms with E-state index in [-0.39, 0.29) is 0 Å². The lowest BCUT2D eigenvalue weighted by Gasteiger charge is -2.26. The Bertz CT molecular complexity index is 408. The zero-order chi connectivity index (χ0) is 14.4. The van der Waals surface area contributed by atoms with Crippen molar-refractivity contribution in [1.82, 2.24) is 10.2 Å².